The molecule has 4 heteroatoms. The molecule has 0 spiro atoms. The summed E-state index contributed by atoms with van der Waals surface area (Å²) in [6.07, 6.45) is 17.1. The van der Waals surface area contributed by atoms with Crippen LogP contribution in [0.2, 0.25) is 0 Å². The molecule has 0 aromatic carbocycles. The molecule has 0 bridgehead atoms. The van der Waals surface area contributed by atoms with Crippen molar-refractivity contribution in [3.05, 3.63) is 0 Å². The molecule has 27 heavy (non-hydrogen) atoms. The van der Waals surface area contributed by atoms with Gasteiger partial charge in [-0.05, 0) is 19.8 Å². The zero-order valence-electron chi connectivity index (χ0n) is 18.2. The van der Waals surface area contributed by atoms with Crippen LogP contribution in [-0.4, -0.2) is 37.5 Å². The average Bonchev–Trinajstić information content (AvgIpc) is 2.67. The van der Waals surface area contributed by atoms with Crippen LogP contribution >= 0.6 is 0 Å². The summed E-state index contributed by atoms with van der Waals surface area (Å²) < 4.78 is 17.6. The van der Waals surface area contributed by atoms with Gasteiger partial charge in [0.05, 0.1) is 0 Å². The first-order chi connectivity index (χ1) is 13.1. The fourth-order valence-electron chi connectivity index (χ4n) is 3.66. The van der Waals surface area contributed by atoms with E-state index in [9.17, 15) is 4.79 Å². The van der Waals surface area contributed by atoms with Crippen LogP contribution in [0.25, 0.3) is 0 Å². The Bertz CT molecular complexity index is 361. The van der Waals surface area contributed by atoms with E-state index in [1.54, 1.807) is 0 Å². The van der Waals surface area contributed by atoms with E-state index >= 15 is 0 Å². The minimum atomic E-state index is -0.450. The van der Waals surface area contributed by atoms with Gasteiger partial charge in [-0.25, -0.2) is 0 Å². The number of Topliss-reactive ketones (excluding diaryl/α,β-unsaturated/α-hetero) is 1. The van der Waals surface area contributed by atoms with Crippen LogP contribution in [0.3, 0.4) is 0 Å². The lowest BCUT2D eigenvalue weighted by atomic mass is 9.95. The minimum Gasteiger partial charge on any atom is -0.370 e. The second-order valence-corrected chi connectivity index (χ2v) is 8.29. The second kappa shape index (κ2) is 15.5. The highest BCUT2D eigenvalue weighted by molar-refractivity contribution is 5.81. The highest BCUT2D eigenvalue weighted by atomic mass is 16.7. The van der Waals surface area contributed by atoms with Crippen LogP contribution in [0.5, 0.6) is 0 Å². The van der Waals surface area contributed by atoms with E-state index in [-0.39, 0.29) is 19.0 Å². The molecule has 1 atom stereocenters. The molecule has 0 aliphatic carbocycles. The van der Waals surface area contributed by atoms with Crippen molar-refractivity contribution in [2.24, 2.45) is 0 Å². The Hall–Kier alpha value is -0.450. The van der Waals surface area contributed by atoms with Crippen molar-refractivity contribution < 1.29 is 19.0 Å². The number of hydrogen-bond acceptors (Lipinski definition) is 4. The van der Waals surface area contributed by atoms with Crippen molar-refractivity contribution in [2.45, 2.75) is 123 Å². The van der Waals surface area contributed by atoms with Gasteiger partial charge in [0.2, 0.25) is 0 Å². The van der Waals surface area contributed by atoms with Crippen LogP contribution < -0.4 is 0 Å². The molecule has 160 valence electrons. The molecule has 0 N–H and O–H groups in total. The molecule has 0 aromatic heterocycles. The second-order valence-electron chi connectivity index (χ2n) is 8.29. The average molecular weight is 385 g/mol. The molecule has 0 radical (unpaired) electrons. The maximum atomic E-state index is 11.4. The Morgan fingerprint density at radius 2 is 1.30 bits per heavy atom. The number of ketones is 1. The predicted octanol–water partition coefficient (Wildman–Crippen LogP) is 6.20. The third kappa shape index (κ3) is 11.2. The SMILES string of the molecule is CCCCCCCCCCCC(C)(OCCCCCC)C1OCC(=O)CO1. The maximum Gasteiger partial charge on any atom is 0.187 e. The summed E-state index contributed by atoms with van der Waals surface area (Å²) >= 11 is 0. The molecule has 1 fully saturated rings. The van der Waals surface area contributed by atoms with E-state index in [2.05, 4.69) is 20.8 Å². The van der Waals surface area contributed by atoms with Crippen molar-refractivity contribution in [3.63, 3.8) is 0 Å². The molecule has 4 nitrogen and oxygen atoms in total. The van der Waals surface area contributed by atoms with E-state index in [4.69, 9.17) is 14.2 Å². The van der Waals surface area contributed by atoms with Gasteiger partial charge in [-0.3, -0.25) is 4.79 Å². The van der Waals surface area contributed by atoms with E-state index in [1.165, 1.54) is 70.6 Å². The lowest BCUT2D eigenvalue weighted by Gasteiger charge is -2.38. The van der Waals surface area contributed by atoms with E-state index in [0.29, 0.717) is 0 Å². The zero-order valence-corrected chi connectivity index (χ0v) is 18.2. The van der Waals surface area contributed by atoms with Crippen LogP contribution in [0.1, 0.15) is 111 Å². The quantitative estimate of drug-likeness (QED) is 0.280. The van der Waals surface area contributed by atoms with Gasteiger partial charge in [0.25, 0.3) is 0 Å². The third-order valence-corrected chi connectivity index (χ3v) is 5.50. The first-order valence-electron chi connectivity index (χ1n) is 11.5. The van der Waals surface area contributed by atoms with Crippen molar-refractivity contribution in [1.82, 2.24) is 0 Å². The first kappa shape index (κ1) is 24.6. The number of rotatable bonds is 17. The first-order valence-corrected chi connectivity index (χ1v) is 11.5. The number of hydrogen-bond donors (Lipinski definition) is 0. The van der Waals surface area contributed by atoms with Gasteiger partial charge in [0.15, 0.2) is 12.1 Å². The fraction of sp³-hybridized carbons (Fsp3) is 0.957. The van der Waals surface area contributed by atoms with Gasteiger partial charge in [-0.15, -0.1) is 0 Å². The Balaban J connectivity index is 2.29. The van der Waals surface area contributed by atoms with Gasteiger partial charge < -0.3 is 14.2 Å². The van der Waals surface area contributed by atoms with Gasteiger partial charge >= 0.3 is 0 Å². The van der Waals surface area contributed by atoms with Gasteiger partial charge in [0.1, 0.15) is 18.8 Å². The van der Waals surface area contributed by atoms with E-state index < -0.39 is 11.9 Å². The largest absolute Gasteiger partial charge is 0.370 e. The van der Waals surface area contributed by atoms with Gasteiger partial charge in [0, 0.05) is 6.61 Å². The summed E-state index contributed by atoms with van der Waals surface area (Å²) in [5.41, 5.74) is -0.450. The van der Waals surface area contributed by atoms with E-state index in [1.807, 2.05) is 0 Å². The Labute approximate surface area is 167 Å². The molecule has 1 heterocycles. The highest BCUT2D eigenvalue weighted by Crippen LogP contribution is 2.29. The summed E-state index contributed by atoms with van der Waals surface area (Å²) in [4.78, 5) is 11.4. The lowest BCUT2D eigenvalue weighted by Crippen LogP contribution is -2.49. The number of carbonyl (C=O) groups excluding carboxylic acids is 1. The smallest absolute Gasteiger partial charge is 0.187 e. The summed E-state index contributed by atoms with van der Waals surface area (Å²) in [5.74, 6) is 0.0135. The molecule has 0 amide bonds. The third-order valence-electron chi connectivity index (χ3n) is 5.50. The Kier molecular flexibility index (Phi) is 14.1. The van der Waals surface area contributed by atoms with Crippen molar-refractivity contribution in [1.29, 1.82) is 0 Å². The predicted molar refractivity (Wildman–Crippen MR) is 111 cm³/mol. The molecule has 1 unspecified atom stereocenters. The summed E-state index contributed by atoms with van der Waals surface area (Å²) in [7, 11) is 0. The molecule has 1 aliphatic rings. The number of carbonyl (C=O) groups is 1. The van der Waals surface area contributed by atoms with Crippen molar-refractivity contribution >= 4 is 5.78 Å². The highest BCUT2D eigenvalue weighted by Gasteiger charge is 2.39. The molecule has 1 saturated heterocycles. The van der Waals surface area contributed by atoms with Crippen LogP contribution in [0.15, 0.2) is 0 Å². The maximum absolute atomic E-state index is 11.4. The number of unbranched alkanes of at least 4 members (excludes halogenated alkanes) is 11. The van der Waals surface area contributed by atoms with Crippen LogP contribution in [0, 0.1) is 0 Å². The van der Waals surface area contributed by atoms with Gasteiger partial charge in [-0.2, -0.15) is 0 Å². The van der Waals surface area contributed by atoms with Crippen molar-refractivity contribution in [3.8, 4) is 0 Å². The lowest BCUT2D eigenvalue weighted by molar-refractivity contribution is -0.262. The molecule has 0 saturated carbocycles. The van der Waals surface area contributed by atoms with Gasteiger partial charge in [-0.1, -0.05) is 90.9 Å². The van der Waals surface area contributed by atoms with Crippen molar-refractivity contribution in [2.75, 3.05) is 19.8 Å². The molecule has 0 aromatic rings. The summed E-state index contributed by atoms with van der Waals surface area (Å²) in [6.45, 7) is 7.62. The Morgan fingerprint density at radius 3 is 1.85 bits per heavy atom. The van der Waals surface area contributed by atoms with Crippen LogP contribution in [0.4, 0.5) is 0 Å². The van der Waals surface area contributed by atoms with E-state index in [0.717, 1.165) is 25.9 Å². The standard InChI is InChI=1S/C23H44O4/c1-4-6-8-10-11-12-13-14-15-17-23(3,27-18-16-9-7-5-2)22-25-19-21(24)20-26-22/h22H,4-20H2,1-3H3. The summed E-state index contributed by atoms with van der Waals surface area (Å²) in [5, 5.41) is 0. The Morgan fingerprint density at radius 1 is 0.815 bits per heavy atom. The number of ether oxygens (including phenoxy) is 3. The minimum absolute atomic E-state index is 0.0135. The molecular formula is C23H44O4. The monoisotopic (exact) mass is 384 g/mol. The molecular weight excluding hydrogens is 340 g/mol. The normalized spacial score (nSPS) is 18.0. The fourth-order valence-corrected chi connectivity index (χ4v) is 3.66. The topological polar surface area (TPSA) is 44.8 Å². The molecule has 1 aliphatic heterocycles. The zero-order chi connectivity index (χ0) is 19.8. The van der Waals surface area contributed by atoms with Crippen LogP contribution in [-0.2, 0) is 19.0 Å². The summed E-state index contributed by atoms with van der Waals surface area (Å²) in [6, 6.07) is 0. The molecule has 1 rings (SSSR count).